The number of hydrogen-bond acceptors (Lipinski definition) is 5. The van der Waals surface area contributed by atoms with Crippen LogP contribution in [0.5, 0.6) is 0 Å². The van der Waals surface area contributed by atoms with Crippen molar-refractivity contribution in [3.63, 3.8) is 0 Å². The Morgan fingerprint density at radius 2 is 1.60 bits per heavy atom. The van der Waals surface area contributed by atoms with Crippen molar-refractivity contribution < 1.29 is 82.0 Å². The van der Waals surface area contributed by atoms with E-state index in [-0.39, 0.29) is 59.1 Å². The van der Waals surface area contributed by atoms with Crippen LogP contribution in [0.2, 0.25) is 0 Å². The molecule has 0 bridgehead atoms. The fourth-order valence-corrected chi connectivity index (χ4v) is 0.433. The standard InChI is InChI=1S/C2H4O5S.2Na/c3-2(4)1-8(5,6)7;;/h1H2,(H,3,4)(H,5,6,7);;/q;2*+1/p-2. The molecule has 0 aromatic rings. The first-order valence-electron chi connectivity index (χ1n) is 1.55. The third-order valence-electron chi connectivity index (χ3n) is 0.295. The van der Waals surface area contributed by atoms with E-state index in [1.54, 1.807) is 0 Å². The predicted molar refractivity (Wildman–Crippen MR) is 19.6 cm³/mol. The first-order chi connectivity index (χ1) is 3.42. The molecular formula is C2H2Na2O5S. The van der Waals surface area contributed by atoms with Crippen LogP contribution in [0.25, 0.3) is 0 Å². The molecule has 8 heteroatoms. The number of rotatable bonds is 2. The molecule has 0 rings (SSSR count). The normalized spacial score (nSPS) is 8.90. The molecule has 0 fully saturated rings. The van der Waals surface area contributed by atoms with Crippen LogP contribution in [0, 0.1) is 0 Å². The van der Waals surface area contributed by atoms with Crippen molar-refractivity contribution in [2.45, 2.75) is 0 Å². The van der Waals surface area contributed by atoms with Gasteiger partial charge in [-0.15, -0.1) is 0 Å². The van der Waals surface area contributed by atoms with E-state index in [1.807, 2.05) is 0 Å². The van der Waals surface area contributed by atoms with Gasteiger partial charge in [0.05, 0.1) is 11.7 Å². The summed E-state index contributed by atoms with van der Waals surface area (Å²) >= 11 is 0. The topological polar surface area (TPSA) is 97.3 Å². The van der Waals surface area contributed by atoms with E-state index in [4.69, 9.17) is 0 Å². The fourth-order valence-electron chi connectivity index (χ4n) is 0.144. The number of aliphatic carboxylic acids is 1. The molecule has 0 aliphatic heterocycles. The second kappa shape index (κ2) is 7.05. The van der Waals surface area contributed by atoms with E-state index in [9.17, 15) is 22.9 Å². The molecule has 5 nitrogen and oxygen atoms in total. The Bertz CT molecular complexity index is 184. The zero-order valence-corrected chi connectivity index (χ0v) is 10.5. The minimum absolute atomic E-state index is 0. The fraction of sp³-hybridized carbons (Fsp3) is 0.500. The molecule has 0 radical (unpaired) electrons. The summed E-state index contributed by atoms with van der Waals surface area (Å²) in [6, 6.07) is 0. The van der Waals surface area contributed by atoms with Gasteiger partial charge in [0.2, 0.25) is 0 Å². The van der Waals surface area contributed by atoms with Crippen molar-refractivity contribution in [3.05, 3.63) is 0 Å². The monoisotopic (exact) mass is 184 g/mol. The van der Waals surface area contributed by atoms with Crippen LogP contribution in [0.1, 0.15) is 0 Å². The van der Waals surface area contributed by atoms with Crippen LogP contribution in [-0.4, -0.2) is 24.7 Å². The van der Waals surface area contributed by atoms with Gasteiger partial charge in [-0.3, -0.25) is 0 Å². The molecule has 0 aromatic heterocycles. The van der Waals surface area contributed by atoms with Gasteiger partial charge in [0, 0.05) is 0 Å². The molecule has 0 saturated carbocycles. The molecule has 0 N–H and O–H groups in total. The van der Waals surface area contributed by atoms with Crippen molar-refractivity contribution in [2.24, 2.45) is 0 Å². The molecule has 0 aliphatic rings. The number of hydrogen-bond donors (Lipinski definition) is 0. The van der Waals surface area contributed by atoms with Crippen molar-refractivity contribution in [1.82, 2.24) is 0 Å². The predicted octanol–water partition coefficient (Wildman–Crippen LogP) is -8.71. The zero-order valence-electron chi connectivity index (χ0n) is 5.66. The second-order valence-corrected chi connectivity index (χ2v) is 2.48. The van der Waals surface area contributed by atoms with Crippen LogP contribution in [0.3, 0.4) is 0 Å². The van der Waals surface area contributed by atoms with Crippen molar-refractivity contribution in [1.29, 1.82) is 0 Å². The molecule has 0 unspecified atom stereocenters. The summed E-state index contributed by atoms with van der Waals surface area (Å²) in [6.45, 7) is 0. The molecule has 0 saturated heterocycles. The van der Waals surface area contributed by atoms with Crippen LogP contribution in [0.4, 0.5) is 0 Å². The Morgan fingerprint density at radius 3 is 1.60 bits per heavy atom. The number of carbonyl (C=O) groups excluding carboxylic acids is 1. The summed E-state index contributed by atoms with van der Waals surface area (Å²) in [7, 11) is -4.64. The maximum Gasteiger partial charge on any atom is 1.00 e. The number of carbonyl (C=O) groups is 1. The van der Waals surface area contributed by atoms with E-state index in [0.29, 0.717) is 0 Å². The molecule has 10 heavy (non-hydrogen) atoms. The van der Waals surface area contributed by atoms with Gasteiger partial charge in [0.1, 0.15) is 10.1 Å². The third-order valence-corrected chi connectivity index (χ3v) is 0.884. The van der Waals surface area contributed by atoms with Crippen molar-refractivity contribution in [2.75, 3.05) is 5.75 Å². The van der Waals surface area contributed by atoms with Gasteiger partial charge in [-0.2, -0.15) is 0 Å². The van der Waals surface area contributed by atoms with Gasteiger partial charge in [-0.25, -0.2) is 8.42 Å². The first kappa shape index (κ1) is 17.5. The van der Waals surface area contributed by atoms with Gasteiger partial charge in [0.15, 0.2) is 0 Å². The average Bonchev–Trinajstić information content (AvgIpc) is 1.21. The second-order valence-electron chi connectivity index (χ2n) is 1.07. The van der Waals surface area contributed by atoms with Crippen LogP contribution >= 0.6 is 0 Å². The molecule has 0 atom stereocenters. The van der Waals surface area contributed by atoms with E-state index >= 15 is 0 Å². The van der Waals surface area contributed by atoms with Crippen LogP contribution in [-0.2, 0) is 14.9 Å². The smallest absolute Gasteiger partial charge is 0.748 e. The summed E-state index contributed by atoms with van der Waals surface area (Å²) < 4.78 is 28.4. The van der Waals surface area contributed by atoms with E-state index in [1.165, 1.54) is 0 Å². The summed E-state index contributed by atoms with van der Waals surface area (Å²) in [6.07, 6.45) is 0. The molecule has 0 heterocycles. The summed E-state index contributed by atoms with van der Waals surface area (Å²) in [5.74, 6) is -3.33. The SMILES string of the molecule is O=C([O-])CS(=O)(=O)[O-].[Na+].[Na+]. The summed E-state index contributed by atoms with van der Waals surface area (Å²) in [5.41, 5.74) is 0. The molecule has 0 aliphatic carbocycles. The number of carboxylic acids is 1. The largest absolute Gasteiger partial charge is 1.00 e. The minimum Gasteiger partial charge on any atom is -0.748 e. The van der Waals surface area contributed by atoms with Gasteiger partial charge < -0.3 is 14.5 Å². The third kappa shape index (κ3) is 16.2. The Kier molecular flexibility index (Phi) is 12.3. The zero-order chi connectivity index (χ0) is 6.78. The van der Waals surface area contributed by atoms with Crippen LogP contribution in [0.15, 0.2) is 0 Å². The van der Waals surface area contributed by atoms with E-state index in [0.717, 1.165) is 0 Å². The molecular weight excluding hydrogens is 182 g/mol. The summed E-state index contributed by atoms with van der Waals surface area (Å²) in [5, 5.41) is 9.32. The van der Waals surface area contributed by atoms with Crippen LogP contribution < -0.4 is 64.2 Å². The Balaban J connectivity index is -0.000000245. The van der Waals surface area contributed by atoms with Gasteiger partial charge >= 0.3 is 59.1 Å². The van der Waals surface area contributed by atoms with E-state index < -0.39 is 21.8 Å². The Labute approximate surface area is 103 Å². The van der Waals surface area contributed by atoms with Gasteiger partial charge in [-0.1, -0.05) is 0 Å². The maximum absolute atomic E-state index is 9.47. The average molecular weight is 184 g/mol. The maximum atomic E-state index is 9.47. The number of carboxylic acid groups (broad SMARTS) is 1. The van der Waals surface area contributed by atoms with Gasteiger partial charge in [0.25, 0.3) is 0 Å². The molecule has 0 spiro atoms. The van der Waals surface area contributed by atoms with Crippen molar-refractivity contribution >= 4 is 16.1 Å². The minimum atomic E-state index is -4.64. The molecule has 0 amide bonds. The van der Waals surface area contributed by atoms with Gasteiger partial charge in [-0.05, 0) is 0 Å². The first-order valence-corrected chi connectivity index (χ1v) is 3.13. The quantitative estimate of drug-likeness (QED) is 0.313. The summed E-state index contributed by atoms with van der Waals surface area (Å²) in [4.78, 5) is 9.32. The molecule has 48 valence electrons. The molecule has 0 aromatic carbocycles. The van der Waals surface area contributed by atoms with Crippen molar-refractivity contribution in [3.8, 4) is 0 Å². The van der Waals surface area contributed by atoms with E-state index in [2.05, 4.69) is 0 Å². The Hall–Kier alpha value is 1.38. The Morgan fingerprint density at radius 1 is 1.30 bits per heavy atom.